The number of nitrogens with zero attached hydrogens (tertiary/aromatic N) is 2. The number of pyridine rings is 1. The van der Waals surface area contributed by atoms with Crippen LogP contribution in [0.2, 0.25) is 0 Å². The molecule has 25 heavy (non-hydrogen) atoms. The van der Waals surface area contributed by atoms with E-state index in [-0.39, 0.29) is 12.1 Å². The average Bonchev–Trinajstić information content (AvgIpc) is 2.66. The molecule has 1 saturated heterocycles. The van der Waals surface area contributed by atoms with Crippen LogP contribution in [0.5, 0.6) is 0 Å². The smallest absolute Gasteiger partial charge is 0.252 e. The Morgan fingerprint density at radius 3 is 2.88 bits per heavy atom. The number of morpholine rings is 1. The highest BCUT2D eigenvalue weighted by molar-refractivity contribution is 5.98. The second kappa shape index (κ2) is 8.09. The summed E-state index contributed by atoms with van der Waals surface area (Å²) in [7, 11) is 0. The Bertz CT molecular complexity index is 708. The van der Waals surface area contributed by atoms with E-state index in [0.717, 1.165) is 13.1 Å². The minimum absolute atomic E-state index is 0.0232. The molecular formula is C19H24N4O2. The third kappa shape index (κ3) is 3.97. The molecule has 0 unspecified atom stereocenters. The van der Waals surface area contributed by atoms with Crippen molar-refractivity contribution in [2.45, 2.75) is 19.1 Å². The standard InChI is InChI=1S/C19H24N4O2/c1-2-23-10-11-25-17(18(23)14-6-4-3-5-7-14)13-22-16-8-9-21-12-15(16)19(20)24/h3-9,12,17-18H,2,10-11,13H2,1H3,(H2,20,24)(H,21,22)/t17-,18-/m0/s1. The predicted molar refractivity (Wildman–Crippen MR) is 97.4 cm³/mol. The Morgan fingerprint density at radius 2 is 2.16 bits per heavy atom. The summed E-state index contributed by atoms with van der Waals surface area (Å²) in [4.78, 5) is 18.0. The molecule has 2 aromatic rings. The van der Waals surface area contributed by atoms with E-state index in [9.17, 15) is 4.79 Å². The Hall–Kier alpha value is -2.44. The number of nitrogens with one attached hydrogen (secondary N) is 1. The SMILES string of the molecule is CCN1CCO[C@@H](CNc2ccncc2C(N)=O)[C@@H]1c1ccccc1. The number of hydrogen-bond donors (Lipinski definition) is 2. The zero-order valence-corrected chi connectivity index (χ0v) is 14.4. The number of carbonyl (C=O) groups is 1. The second-order valence-corrected chi connectivity index (χ2v) is 6.06. The highest BCUT2D eigenvalue weighted by Crippen LogP contribution is 2.29. The number of rotatable bonds is 6. The van der Waals surface area contributed by atoms with E-state index in [1.807, 2.05) is 6.07 Å². The van der Waals surface area contributed by atoms with E-state index in [0.29, 0.717) is 24.4 Å². The van der Waals surface area contributed by atoms with Crippen molar-refractivity contribution in [1.82, 2.24) is 9.88 Å². The molecule has 3 rings (SSSR count). The molecule has 1 aromatic carbocycles. The molecule has 1 amide bonds. The van der Waals surface area contributed by atoms with Gasteiger partial charge in [0.25, 0.3) is 5.91 Å². The van der Waals surface area contributed by atoms with Gasteiger partial charge in [-0.2, -0.15) is 0 Å². The lowest BCUT2D eigenvalue weighted by Gasteiger charge is -2.41. The minimum Gasteiger partial charge on any atom is -0.382 e. The van der Waals surface area contributed by atoms with Crippen LogP contribution in [0.4, 0.5) is 5.69 Å². The number of ether oxygens (including phenoxy) is 1. The van der Waals surface area contributed by atoms with Gasteiger partial charge >= 0.3 is 0 Å². The van der Waals surface area contributed by atoms with E-state index < -0.39 is 5.91 Å². The number of benzene rings is 1. The fourth-order valence-electron chi connectivity index (χ4n) is 3.34. The molecule has 0 aliphatic carbocycles. The number of nitrogens with two attached hydrogens (primary N) is 1. The number of primary amides is 1. The first kappa shape index (κ1) is 17.4. The van der Waals surface area contributed by atoms with Crippen molar-refractivity contribution >= 4 is 11.6 Å². The number of aromatic nitrogens is 1. The van der Waals surface area contributed by atoms with Crippen molar-refractivity contribution in [2.24, 2.45) is 5.73 Å². The highest BCUT2D eigenvalue weighted by atomic mass is 16.5. The molecular weight excluding hydrogens is 316 g/mol. The zero-order valence-electron chi connectivity index (χ0n) is 14.4. The van der Waals surface area contributed by atoms with Crippen LogP contribution in [-0.4, -0.2) is 48.1 Å². The summed E-state index contributed by atoms with van der Waals surface area (Å²) >= 11 is 0. The van der Waals surface area contributed by atoms with E-state index in [1.165, 1.54) is 11.8 Å². The summed E-state index contributed by atoms with van der Waals surface area (Å²) in [6.07, 6.45) is 3.10. The number of anilines is 1. The van der Waals surface area contributed by atoms with Crippen LogP contribution in [0, 0.1) is 0 Å². The van der Waals surface area contributed by atoms with Gasteiger partial charge in [-0.25, -0.2) is 0 Å². The van der Waals surface area contributed by atoms with Crippen LogP contribution in [0.3, 0.4) is 0 Å². The molecule has 0 radical (unpaired) electrons. The Kier molecular flexibility index (Phi) is 5.63. The average molecular weight is 340 g/mol. The maximum atomic E-state index is 11.6. The summed E-state index contributed by atoms with van der Waals surface area (Å²) in [5.74, 6) is -0.491. The van der Waals surface area contributed by atoms with Crippen molar-refractivity contribution in [2.75, 3.05) is 31.6 Å². The van der Waals surface area contributed by atoms with Gasteiger partial charge in [0.05, 0.1) is 30.0 Å². The van der Waals surface area contributed by atoms with Crippen molar-refractivity contribution in [3.8, 4) is 0 Å². The largest absolute Gasteiger partial charge is 0.382 e. The van der Waals surface area contributed by atoms with Crippen LogP contribution in [0.1, 0.15) is 28.9 Å². The van der Waals surface area contributed by atoms with Crippen molar-refractivity contribution < 1.29 is 9.53 Å². The van der Waals surface area contributed by atoms with Gasteiger partial charge in [0.15, 0.2) is 0 Å². The molecule has 1 aliphatic heterocycles. The topological polar surface area (TPSA) is 80.5 Å². The molecule has 6 heteroatoms. The van der Waals surface area contributed by atoms with Gasteiger partial charge in [-0.1, -0.05) is 37.3 Å². The van der Waals surface area contributed by atoms with Gasteiger partial charge in [0.2, 0.25) is 0 Å². The summed E-state index contributed by atoms with van der Waals surface area (Å²) in [5, 5.41) is 3.32. The lowest BCUT2D eigenvalue weighted by molar-refractivity contribution is -0.0639. The molecule has 2 atom stereocenters. The lowest BCUT2D eigenvalue weighted by atomic mass is 9.97. The van der Waals surface area contributed by atoms with Crippen molar-refractivity contribution in [3.63, 3.8) is 0 Å². The number of hydrogen-bond acceptors (Lipinski definition) is 5. The Balaban J connectivity index is 1.79. The second-order valence-electron chi connectivity index (χ2n) is 6.06. The van der Waals surface area contributed by atoms with Crippen LogP contribution in [-0.2, 0) is 4.74 Å². The first-order valence-corrected chi connectivity index (χ1v) is 8.59. The fraction of sp³-hybridized carbons (Fsp3) is 0.368. The van der Waals surface area contributed by atoms with Gasteiger partial charge in [-0.3, -0.25) is 14.7 Å². The van der Waals surface area contributed by atoms with Crippen LogP contribution < -0.4 is 11.1 Å². The number of amides is 1. The van der Waals surface area contributed by atoms with E-state index in [1.54, 1.807) is 12.3 Å². The Morgan fingerprint density at radius 1 is 1.36 bits per heavy atom. The summed E-state index contributed by atoms with van der Waals surface area (Å²) in [6.45, 7) is 5.32. The van der Waals surface area contributed by atoms with Gasteiger partial charge in [0, 0.05) is 25.5 Å². The summed E-state index contributed by atoms with van der Waals surface area (Å²) < 4.78 is 6.06. The van der Waals surface area contributed by atoms with Crippen molar-refractivity contribution in [3.05, 3.63) is 59.9 Å². The zero-order chi connectivity index (χ0) is 17.6. The normalized spacial score (nSPS) is 21.0. The predicted octanol–water partition coefficient (Wildman–Crippen LogP) is 2.05. The highest BCUT2D eigenvalue weighted by Gasteiger charge is 2.32. The molecule has 0 spiro atoms. The molecule has 1 fully saturated rings. The molecule has 2 heterocycles. The molecule has 1 aromatic heterocycles. The first-order valence-electron chi connectivity index (χ1n) is 8.59. The molecule has 3 N–H and O–H groups in total. The molecule has 132 valence electrons. The van der Waals surface area contributed by atoms with Gasteiger partial charge < -0.3 is 15.8 Å². The summed E-state index contributed by atoms with van der Waals surface area (Å²) in [6, 6.07) is 12.3. The number of carbonyl (C=O) groups excluding carboxylic acids is 1. The van der Waals surface area contributed by atoms with E-state index in [2.05, 4.69) is 46.4 Å². The third-order valence-corrected chi connectivity index (χ3v) is 4.58. The van der Waals surface area contributed by atoms with Gasteiger partial charge in [-0.15, -0.1) is 0 Å². The fourth-order valence-corrected chi connectivity index (χ4v) is 3.34. The molecule has 6 nitrogen and oxygen atoms in total. The molecule has 1 aliphatic rings. The van der Waals surface area contributed by atoms with E-state index in [4.69, 9.17) is 10.5 Å². The quantitative estimate of drug-likeness (QED) is 0.841. The summed E-state index contributed by atoms with van der Waals surface area (Å²) in [5.41, 5.74) is 7.74. The Labute approximate surface area is 148 Å². The van der Waals surface area contributed by atoms with Crippen LogP contribution in [0.15, 0.2) is 48.8 Å². The maximum absolute atomic E-state index is 11.6. The van der Waals surface area contributed by atoms with Crippen molar-refractivity contribution in [1.29, 1.82) is 0 Å². The van der Waals surface area contributed by atoms with Crippen LogP contribution >= 0.6 is 0 Å². The van der Waals surface area contributed by atoms with E-state index >= 15 is 0 Å². The number of likely N-dealkylation sites (N-methyl/N-ethyl adjacent to an activating group) is 1. The van der Waals surface area contributed by atoms with Gasteiger partial charge in [0.1, 0.15) is 0 Å². The lowest BCUT2D eigenvalue weighted by Crippen LogP contribution is -2.47. The molecule has 0 bridgehead atoms. The third-order valence-electron chi connectivity index (χ3n) is 4.58. The first-order chi connectivity index (χ1) is 12.2. The maximum Gasteiger partial charge on any atom is 0.252 e. The monoisotopic (exact) mass is 340 g/mol. The minimum atomic E-state index is -0.491. The molecule has 0 saturated carbocycles. The van der Waals surface area contributed by atoms with Crippen LogP contribution in [0.25, 0.3) is 0 Å². The van der Waals surface area contributed by atoms with Gasteiger partial charge in [-0.05, 0) is 18.2 Å².